The van der Waals surface area contributed by atoms with E-state index in [1.807, 2.05) is 0 Å². The van der Waals surface area contributed by atoms with Gasteiger partial charge in [-0.15, -0.1) is 16.9 Å². The summed E-state index contributed by atoms with van der Waals surface area (Å²) in [5.41, 5.74) is 0.397. The molecule has 90 valence electrons. The van der Waals surface area contributed by atoms with Crippen molar-refractivity contribution < 1.29 is 20.4 Å². The molecule has 0 radical (unpaired) electrons. The molecule has 7 nitrogen and oxygen atoms in total. The summed E-state index contributed by atoms with van der Waals surface area (Å²) in [6, 6.07) is 0. The maximum atomic E-state index is 9.76. The van der Waals surface area contributed by atoms with E-state index < -0.39 is 23.7 Å². The van der Waals surface area contributed by atoms with E-state index in [0.29, 0.717) is 11.4 Å². The van der Waals surface area contributed by atoms with Crippen molar-refractivity contribution in [3.8, 4) is 0 Å². The van der Waals surface area contributed by atoms with Crippen molar-refractivity contribution in [1.29, 1.82) is 0 Å². The third kappa shape index (κ3) is 2.06. The largest absolute Gasteiger partial charge is 0.390 e. The highest BCUT2D eigenvalue weighted by Crippen LogP contribution is 2.34. The van der Waals surface area contributed by atoms with Crippen LogP contribution >= 0.6 is 11.8 Å². The Balaban J connectivity index is 2.15. The minimum absolute atomic E-state index is 0.224. The van der Waals surface area contributed by atoms with Gasteiger partial charge < -0.3 is 20.4 Å². The van der Waals surface area contributed by atoms with Gasteiger partial charge in [-0.1, -0.05) is 5.21 Å². The fourth-order valence-electron chi connectivity index (χ4n) is 1.53. The Morgan fingerprint density at radius 2 is 2.12 bits per heavy atom. The lowest BCUT2D eigenvalue weighted by molar-refractivity contribution is -0.0643. The molecule has 2 heterocycles. The maximum absolute atomic E-state index is 9.76. The third-order valence-electron chi connectivity index (χ3n) is 2.45. The van der Waals surface area contributed by atoms with Crippen LogP contribution in [0, 0.1) is 0 Å². The number of rotatable bonds is 2. The van der Waals surface area contributed by atoms with Crippen LogP contribution in [0.1, 0.15) is 11.1 Å². The Morgan fingerprint density at radius 3 is 2.75 bits per heavy atom. The number of aliphatic hydroxyl groups excluding tert-OH is 4. The molecule has 0 spiro atoms. The van der Waals surface area contributed by atoms with Crippen molar-refractivity contribution in [3.63, 3.8) is 0 Å². The highest BCUT2D eigenvalue weighted by molar-refractivity contribution is 7.99. The number of thioether (sulfide) groups is 1. The van der Waals surface area contributed by atoms with Gasteiger partial charge in [0.2, 0.25) is 0 Å². The Labute approximate surface area is 95.7 Å². The van der Waals surface area contributed by atoms with Crippen LogP contribution in [0.2, 0.25) is 0 Å². The zero-order valence-electron chi connectivity index (χ0n) is 8.34. The molecule has 1 aromatic rings. The molecule has 1 fully saturated rings. The lowest BCUT2D eigenvalue weighted by atomic mass is 10.1. The molecular formula is C8H13N3O4S. The normalized spacial score (nSPS) is 35.2. The molecule has 0 aromatic carbocycles. The Hall–Kier alpha value is -0.670. The minimum Gasteiger partial charge on any atom is -0.390 e. The van der Waals surface area contributed by atoms with Crippen LogP contribution < -0.4 is 0 Å². The molecule has 1 aliphatic rings. The molecule has 8 heteroatoms. The van der Waals surface area contributed by atoms with Crippen molar-refractivity contribution in [3.05, 3.63) is 11.9 Å². The summed E-state index contributed by atoms with van der Waals surface area (Å²) in [5, 5.41) is 44.4. The van der Waals surface area contributed by atoms with Crippen molar-refractivity contribution >= 4 is 11.8 Å². The van der Waals surface area contributed by atoms with Gasteiger partial charge in [-0.25, -0.2) is 4.68 Å². The van der Waals surface area contributed by atoms with Gasteiger partial charge in [0, 0.05) is 5.75 Å². The number of nitrogens with zero attached hydrogens (tertiary/aromatic N) is 3. The topological polar surface area (TPSA) is 112 Å². The average molecular weight is 247 g/mol. The van der Waals surface area contributed by atoms with Crippen molar-refractivity contribution in [2.45, 2.75) is 30.3 Å². The van der Waals surface area contributed by atoms with E-state index in [9.17, 15) is 15.3 Å². The van der Waals surface area contributed by atoms with E-state index in [0.717, 1.165) is 0 Å². The van der Waals surface area contributed by atoms with E-state index in [1.165, 1.54) is 22.6 Å². The van der Waals surface area contributed by atoms with Gasteiger partial charge in [-0.05, 0) is 0 Å². The average Bonchev–Trinajstić information content (AvgIpc) is 2.74. The van der Waals surface area contributed by atoms with Crippen LogP contribution in [-0.2, 0) is 6.61 Å². The molecule has 0 amide bonds. The molecule has 16 heavy (non-hydrogen) atoms. The van der Waals surface area contributed by atoms with Crippen LogP contribution in [0.4, 0.5) is 0 Å². The first-order valence-corrected chi connectivity index (χ1v) is 5.85. The molecule has 0 saturated carbocycles. The van der Waals surface area contributed by atoms with Gasteiger partial charge >= 0.3 is 0 Å². The van der Waals surface area contributed by atoms with Crippen LogP contribution in [0.25, 0.3) is 0 Å². The van der Waals surface area contributed by atoms with Gasteiger partial charge in [-0.3, -0.25) is 0 Å². The second-order valence-electron chi connectivity index (χ2n) is 3.62. The molecule has 1 aliphatic heterocycles. The van der Waals surface area contributed by atoms with Gasteiger partial charge in [0.15, 0.2) is 0 Å². The summed E-state index contributed by atoms with van der Waals surface area (Å²) in [4.78, 5) is 0. The molecule has 1 aromatic heterocycles. The standard InChI is InChI=1S/C8H13N3O4S/c12-2-4-1-11(10-9-4)8-7(15)6(14)5(13)3-16-8/h1,5-8,12-15H,2-3H2/t5-,6+,7-,8-/m1/s1. The second-order valence-corrected chi connectivity index (χ2v) is 4.77. The highest BCUT2D eigenvalue weighted by atomic mass is 32.2. The molecule has 0 bridgehead atoms. The van der Waals surface area contributed by atoms with E-state index in [1.54, 1.807) is 0 Å². The zero-order chi connectivity index (χ0) is 11.7. The van der Waals surface area contributed by atoms with Gasteiger partial charge in [0.25, 0.3) is 0 Å². The summed E-state index contributed by atoms with van der Waals surface area (Å²) in [7, 11) is 0. The molecule has 0 aliphatic carbocycles. The Bertz CT molecular complexity index is 361. The summed E-state index contributed by atoms with van der Waals surface area (Å²) in [6.45, 7) is -0.224. The second kappa shape index (κ2) is 4.68. The van der Waals surface area contributed by atoms with E-state index in [4.69, 9.17) is 5.11 Å². The fourth-order valence-corrected chi connectivity index (χ4v) is 2.74. The maximum Gasteiger partial charge on any atom is 0.127 e. The Morgan fingerprint density at radius 1 is 1.38 bits per heavy atom. The van der Waals surface area contributed by atoms with Crippen LogP contribution in [0.5, 0.6) is 0 Å². The molecular weight excluding hydrogens is 234 g/mol. The van der Waals surface area contributed by atoms with E-state index in [2.05, 4.69) is 10.3 Å². The van der Waals surface area contributed by atoms with Crippen molar-refractivity contribution in [2.75, 3.05) is 5.75 Å². The van der Waals surface area contributed by atoms with Crippen molar-refractivity contribution in [1.82, 2.24) is 15.0 Å². The quantitative estimate of drug-likeness (QED) is 0.483. The number of hydrogen-bond donors (Lipinski definition) is 4. The van der Waals surface area contributed by atoms with Gasteiger partial charge in [0.1, 0.15) is 23.3 Å². The monoisotopic (exact) mass is 247 g/mol. The highest BCUT2D eigenvalue weighted by Gasteiger charge is 2.38. The number of hydrogen-bond acceptors (Lipinski definition) is 7. The zero-order valence-corrected chi connectivity index (χ0v) is 9.16. The minimum atomic E-state index is -1.19. The van der Waals surface area contributed by atoms with Gasteiger partial charge in [0.05, 0.1) is 18.9 Å². The smallest absolute Gasteiger partial charge is 0.127 e. The van der Waals surface area contributed by atoms with Crippen LogP contribution in [0.15, 0.2) is 6.20 Å². The van der Waals surface area contributed by atoms with Crippen LogP contribution in [0.3, 0.4) is 0 Å². The first-order valence-electron chi connectivity index (χ1n) is 4.81. The first-order chi connectivity index (χ1) is 7.63. The summed E-state index contributed by atoms with van der Waals surface area (Å²) in [6.07, 6.45) is -1.72. The molecule has 0 unspecified atom stereocenters. The van der Waals surface area contributed by atoms with Gasteiger partial charge in [-0.2, -0.15) is 0 Å². The third-order valence-corrected chi connectivity index (χ3v) is 3.82. The first kappa shape index (κ1) is 11.8. The predicted octanol–water partition coefficient (Wildman–Crippen LogP) is -1.90. The van der Waals surface area contributed by atoms with E-state index in [-0.39, 0.29) is 6.61 Å². The number of aliphatic hydroxyl groups is 4. The summed E-state index contributed by atoms with van der Waals surface area (Å²) >= 11 is 1.28. The lowest BCUT2D eigenvalue weighted by Gasteiger charge is -2.34. The lowest BCUT2D eigenvalue weighted by Crippen LogP contribution is -2.47. The van der Waals surface area contributed by atoms with Crippen molar-refractivity contribution in [2.24, 2.45) is 0 Å². The van der Waals surface area contributed by atoms with Crippen LogP contribution in [-0.4, -0.2) is 59.5 Å². The Kier molecular flexibility index (Phi) is 3.45. The SMILES string of the molecule is OCc1cn([C@@H]2SC[C@@H](O)[C@H](O)[C@H]2O)nn1. The summed E-state index contributed by atoms with van der Waals surface area (Å²) < 4.78 is 1.38. The van der Waals surface area contributed by atoms with E-state index >= 15 is 0 Å². The molecule has 4 N–H and O–H groups in total. The fraction of sp³-hybridized carbons (Fsp3) is 0.750. The molecule has 2 rings (SSSR count). The summed E-state index contributed by atoms with van der Waals surface area (Å²) in [5.74, 6) is 0.317. The molecule has 1 saturated heterocycles. The predicted molar refractivity (Wildman–Crippen MR) is 55.5 cm³/mol. The molecule has 4 atom stereocenters. The number of aromatic nitrogens is 3.